The summed E-state index contributed by atoms with van der Waals surface area (Å²) in [6.07, 6.45) is 2.59. The van der Waals surface area contributed by atoms with Gasteiger partial charge in [0.1, 0.15) is 23.0 Å². The van der Waals surface area contributed by atoms with Crippen LogP contribution in [0.25, 0.3) is 28.0 Å². The molecular weight excluding hydrogens is 392 g/mol. The van der Waals surface area contributed by atoms with E-state index in [-0.39, 0.29) is 11.5 Å². The predicted octanol–water partition coefficient (Wildman–Crippen LogP) is 6.12. The molecular formula is C26H20O5. The third-order valence-electron chi connectivity index (χ3n) is 4.95. The molecule has 3 N–H and O–H groups in total. The van der Waals surface area contributed by atoms with Gasteiger partial charge in [0.25, 0.3) is 0 Å². The minimum Gasteiger partial charge on any atom is -0.508 e. The zero-order valence-electron chi connectivity index (χ0n) is 16.7. The molecule has 0 bridgehead atoms. The van der Waals surface area contributed by atoms with E-state index in [0.29, 0.717) is 11.5 Å². The molecule has 0 unspecified atom stereocenters. The number of phenolic OH excluding ortho intramolecular Hbond substituents is 2. The van der Waals surface area contributed by atoms with Gasteiger partial charge in [0.15, 0.2) is 0 Å². The normalized spacial score (nSPS) is 11.1. The summed E-state index contributed by atoms with van der Waals surface area (Å²) >= 11 is 0. The molecule has 0 heterocycles. The van der Waals surface area contributed by atoms with Crippen LogP contribution in [0.2, 0.25) is 0 Å². The fourth-order valence-electron chi connectivity index (χ4n) is 3.51. The van der Waals surface area contributed by atoms with E-state index >= 15 is 0 Å². The Balaban J connectivity index is 1.84. The number of carboxylic acid groups (broad SMARTS) is 1. The quantitative estimate of drug-likeness (QED) is 0.344. The van der Waals surface area contributed by atoms with Crippen LogP contribution in [-0.4, -0.2) is 21.3 Å². The number of aryl methyl sites for hydroxylation is 1. The van der Waals surface area contributed by atoms with E-state index in [1.807, 2.05) is 31.2 Å². The van der Waals surface area contributed by atoms with Crippen LogP contribution in [0.15, 0.2) is 78.9 Å². The lowest BCUT2D eigenvalue weighted by molar-refractivity contribution is -0.131. The van der Waals surface area contributed by atoms with Crippen molar-refractivity contribution >= 4 is 22.8 Å². The molecule has 4 aromatic rings. The number of carboxylic acids is 1. The molecule has 0 atom stereocenters. The van der Waals surface area contributed by atoms with Gasteiger partial charge in [-0.1, -0.05) is 36.4 Å². The number of hydrogen-bond acceptors (Lipinski definition) is 4. The van der Waals surface area contributed by atoms with Crippen molar-refractivity contribution < 1.29 is 24.9 Å². The number of aliphatic carboxylic acids is 1. The molecule has 5 nitrogen and oxygen atoms in total. The monoisotopic (exact) mass is 412 g/mol. The van der Waals surface area contributed by atoms with Gasteiger partial charge in [-0.15, -0.1) is 0 Å². The van der Waals surface area contributed by atoms with Crippen LogP contribution in [0.5, 0.6) is 23.0 Å². The zero-order chi connectivity index (χ0) is 22.0. The lowest BCUT2D eigenvalue weighted by Crippen LogP contribution is -1.94. The van der Waals surface area contributed by atoms with E-state index in [2.05, 4.69) is 0 Å². The number of fused-ring (bicyclic) bond motifs is 1. The molecule has 0 saturated carbocycles. The summed E-state index contributed by atoms with van der Waals surface area (Å²) < 4.78 is 6.31. The first kappa shape index (κ1) is 20.0. The van der Waals surface area contributed by atoms with Crippen LogP contribution >= 0.6 is 0 Å². The number of benzene rings is 4. The average molecular weight is 412 g/mol. The second kappa shape index (κ2) is 8.24. The van der Waals surface area contributed by atoms with Gasteiger partial charge in [-0.05, 0) is 71.5 Å². The van der Waals surface area contributed by atoms with Gasteiger partial charge < -0.3 is 20.1 Å². The highest BCUT2D eigenvalue weighted by Gasteiger charge is 2.16. The predicted molar refractivity (Wildman–Crippen MR) is 121 cm³/mol. The van der Waals surface area contributed by atoms with Crippen LogP contribution in [0.4, 0.5) is 0 Å². The molecule has 4 aromatic carbocycles. The van der Waals surface area contributed by atoms with Crippen molar-refractivity contribution in [2.75, 3.05) is 0 Å². The molecule has 0 radical (unpaired) electrons. The lowest BCUT2D eigenvalue weighted by Gasteiger charge is -2.18. The van der Waals surface area contributed by atoms with E-state index in [1.54, 1.807) is 48.5 Å². The molecule has 0 aliphatic rings. The van der Waals surface area contributed by atoms with Crippen LogP contribution in [0.3, 0.4) is 0 Å². The maximum Gasteiger partial charge on any atom is 0.328 e. The fraction of sp³-hybridized carbons (Fsp3) is 0.0385. The molecule has 0 aliphatic carbocycles. The molecule has 0 saturated heterocycles. The van der Waals surface area contributed by atoms with Gasteiger partial charge in [-0.2, -0.15) is 0 Å². The number of aromatic hydroxyl groups is 2. The molecule has 31 heavy (non-hydrogen) atoms. The fourth-order valence-corrected chi connectivity index (χ4v) is 3.51. The van der Waals surface area contributed by atoms with Crippen LogP contribution in [0.1, 0.15) is 11.1 Å². The van der Waals surface area contributed by atoms with E-state index in [0.717, 1.165) is 39.1 Å². The number of ether oxygens (including phenoxy) is 1. The average Bonchev–Trinajstić information content (AvgIpc) is 2.75. The highest BCUT2D eigenvalue weighted by Crippen LogP contribution is 2.43. The molecule has 4 rings (SSSR count). The zero-order valence-corrected chi connectivity index (χ0v) is 16.7. The van der Waals surface area contributed by atoms with Crippen molar-refractivity contribution in [1.29, 1.82) is 0 Å². The summed E-state index contributed by atoms with van der Waals surface area (Å²) in [4.78, 5) is 10.7. The van der Waals surface area contributed by atoms with Gasteiger partial charge in [0.05, 0.1) is 0 Å². The number of carbonyl (C=O) groups is 1. The Labute approximate surface area is 179 Å². The Morgan fingerprint density at radius 3 is 2.23 bits per heavy atom. The summed E-state index contributed by atoms with van der Waals surface area (Å²) in [5, 5.41) is 30.2. The highest BCUT2D eigenvalue weighted by atomic mass is 16.5. The maximum absolute atomic E-state index is 10.7. The third kappa shape index (κ3) is 4.36. The Kier molecular flexibility index (Phi) is 5.33. The van der Waals surface area contributed by atoms with Crippen molar-refractivity contribution in [3.8, 4) is 34.1 Å². The summed E-state index contributed by atoms with van der Waals surface area (Å²) in [6, 6.07) is 21.1. The van der Waals surface area contributed by atoms with Crippen LogP contribution in [0, 0.1) is 6.92 Å². The van der Waals surface area contributed by atoms with E-state index in [9.17, 15) is 15.0 Å². The van der Waals surface area contributed by atoms with E-state index in [1.165, 1.54) is 6.08 Å². The standard InChI is InChI=1S/C26H20O5/c1-16-14-19-7-10-21(28)15-23(19)26(25(16)18-5-8-20(27)9-6-18)31-22-11-2-17(3-12-22)4-13-24(29)30/h2-15,27-28H,1H3,(H,29,30). The first-order chi connectivity index (χ1) is 14.9. The molecule has 0 aliphatic heterocycles. The SMILES string of the molecule is Cc1cc2ccc(O)cc2c(Oc2ccc(C=CC(=O)O)cc2)c1-c1ccc(O)cc1. The van der Waals surface area contributed by atoms with Crippen LogP contribution in [-0.2, 0) is 4.79 Å². The van der Waals surface area contributed by atoms with Crippen molar-refractivity contribution in [3.63, 3.8) is 0 Å². The Bertz CT molecular complexity index is 1290. The van der Waals surface area contributed by atoms with Gasteiger partial charge in [0, 0.05) is 17.0 Å². The summed E-state index contributed by atoms with van der Waals surface area (Å²) in [7, 11) is 0. The first-order valence-corrected chi connectivity index (χ1v) is 9.65. The van der Waals surface area contributed by atoms with Gasteiger partial charge in [-0.25, -0.2) is 4.79 Å². The summed E-state index contributed by atoms with van der Waals surface area (Å²) in [5.74, 6) is 0.456. The molecule has 154 valence electrons. The topological polar surface area (TPSA) is 87.0 Å². The van der Waals surface area contributed by atoms with Gasteiger partial charge in [0.2, 0.25) is 0 Å². The first-order valence-electron chi connectivity index (χ1n) is 9.65. The van der Waals surface area contributed by atoms with Gasteiger partial charge in [-0.3, -0.25) is 0 Å². The van der Waals surface area contributed by atoms with Crippen molar-refractivity contribution in [2.24, 2.45) is 0 Å². The number of phenols is 2. The minimum absolute atomic E-state index is 0.131. The smallest absolute Gasteiger partial charge is 0.328 e. The number of rotatable bonds is 5. The maximum atomic E-state index is 10.7. The molecule has 0 aromatic heterocycles. The molecule has 0 fully saturated rings. The third-order valence-corrected chi connectivity index (χ3v) is 4.95. The van der Waals surface area contributed by atoms with Crippen molar-refractivity contribution in [2.45, 2.75) is 6.92 Å². The Morgan fingerprint density at radius 1 is 0.871 bits per heavy atom. The van der Waals surface area contributed by atoms with E-state index < -0.39 is 5.97 Å². The Hall–Kier alpha value is -4.25. The van der Waals surface area contributed by atoms with Crippen molar-refractivity contribution in [1.82, 2.24) is 0 Å². The largest absolute Gasteiger partial charge is 0.508 e. The second-order valence-corrected chi connectivity index (χ2v) is 7.19. The van der Waals surface area contributed by atoms with Crippen molar-refractivity contribution in [3.05, 3.63) is 90.0 Å². The molecule has 0 amide bonds. The molecule has 0 spiro atoms. The van der Waals surface area contributed by atoms with Gasteiger partial charge >= 0.3 is 5.97 Å². The highest BCUT2D eigenvalue weighted by molar-refractivity contribution is 5.97. The van der Waals surface area contributed by atoms with E-state index in [4.69, 9.17) is 9.84 Å². The van der Waals surface area contributed by atoms with Crippen LogP contribution < -0.4 is 4.74 Å². The minimum atomic E-state index is -1.01. The molecule has 5 heteroatoms. The lowest BCUT2D eigenvalue weighted by atomic mass is 9.94. The number of hydrogen-bond donors (Lipinski definition) is 3. The second-order valence-electron chi connectivity index (χ2n) is 7.19. The Morgan fingerprint density at radius 2 is 1.55 bits per heavy atom. The summed E-state index contributed by atoms with van der Waals surface area (Å²) in [6.45, 7) is 1.99. The summed E-state index contributed by atoms with van der Waals surface area (Å²) in [5.41, 5.74) is 3.45.